The number of aromatic hydroxyl groups is 1. The second-order valence-electron chi connectivity index (χ2n) is 5.68. The van der Waals surface area contributed by atoms with Gasteiger partial charge >= 0.3 is 5.97 Å². The molecule has 3 aromatic rings. The number of hydrogen-bond acceptors (Lipinski definition) is 5. The molecule has 0 saturated heterocycles. The number of para-hydroxylation sites is 1. The second-order valence-corrected chi connectivity index (χ2v) is 5.68. The number of carboxylic acid groups (broad SMARTS) is 1. The summed E-state index contributed by atoms with van der Waals surface area (Å²) in [5.41, 5.74) is 0.769. The van der Waals surface area contributed by atoms with Crippen LogP contribution in [0.3, 0.4) is 0 Å². The number of Topliss-reactive ketones (excluding diaryl/α,β-unsaturated/α-hetero) is 1. The molecule has 6 nitrogen and oxygen atoms in total. The third-order valence-electron chi connectivity index (χ3n) is 3.99. The lowest BCUT2D eigenvalue weighted by Crippen LogP contribution is -1.97. The second kappa shape index (κ2) is 5.93. The normalized spacial score (nSPS) is 14.3. The van der Waals surface area contributed by atoms with Crippen molar-refractivity contribution >= 4 is 17.8 Å². The van der Waals surface area contributed by atoms with Crippen LogP contribution in [0.25, 0.3) is 17.4 Å². The van der Waals surface area contributed by atoms with Gasteiger partial charge in [0.25, 0.3) is 0 Å². The number of phenols is 1. The summed E-state index contributed by atoms with van der Waals surface area (Å²) in [7, 11) is 0. The Labute approximate surface area is 147 Å². The Morgan fingerprint density at radius 2 is 1.85 bits per heavy atom. The maximum Gasteiger partial charge on any atom is 0.339 e. The van der Waals surface area contributed by atoms with Crippen LogP contribution >= 0.6 is 0 Å². The summed E-state index contributed by atoms with van der Waals surface area (Å²) in [6, 6.07) is 14.4. The number of furan rings is 1. The summed E-state index contributed by atoms with van der Waals surface area (Å²) in [5, 5.41) is 18.7. The first kappa shape index (κ1) is 15.7. The Kier molecular flexibility index (Phi) is 3.58. The van der Waals surface area contributed by atoms with E-state index in [1.54, 1.807) is 42.5 Å². The van der Waals surface area contributed by atoms with Gasteiger partial charge in [0.2, 0.25) is 5.78 Å². The van der Waals surface area contributed by atoms with Crippen molar-refractivity contribution in [3.63, 3.8) is 0 Å². The van der Waals surface area contributed by atoms with Crippen molar-refractivity contribution in [2.24, 2.45) is 0 Å². The van der Waals surface area contributed by atoms with Crippen LogP contribution in [0, 0.1) is 0 Å². The molecule has 0 amide bonds. The molecule has 0 bridgehead atoms. The van der Waals surface area contributed by atoms with Gasteiger partial charge in [0.15, 0.2) is 5.76 Å². The Hall–Kier alpha value is -3.80. The molecule has 0 fully saturated rings. The molecular weight excluding hydrogens is 336 g/mol. The lowest BCUT2D eigenvalue weighted by atomic mass is 10.1. The van der Waals surface area contributed by atoms with Crippen LogP contribution in [0.4, 0.5) is 0 Å². The summed E-state index contributed by atoms with van der Waals surface area (Å²) >= 11 is 0. The summed E-state index contributed by atoms with van der Waals surface area (Å²) in [6.07, 6.45) is 1.49. The molecule has 6 heteroatoms. The minimum Gasteiger partial charge on any atom is -0.507 e. The highest BCUT2D eigenvalue weighted by Gasteiger charge is 2.27. The van der Waals surface area contributed by atoms with Crippen LogP contribution < -0.4 is 4.74 Å². The van der Waals surface area contributed by atoms with Crippen LogP contribution in [0.2, 0.25) is 0 Å². The van der Waals surface area contributed by atoms with Gasteiger partial charge in [0.1, 0.15) is 28.6 Å². The standard InChI is InChI=1S/C20H12O6/c21-15-7-5-11(9-14(15)20(23)24)16-8-6-12(25-16)10-18-19(22)13-3-1-2-4-17(13)26-18/h1-10,21H,(H,23,24)/b18-10-. The van der Waals surface area contributed by atoms with Gasteiger partial charge in [-0.1, -0.05) is 12.1 Å². The van der Waals surface area contributed by atoms with Gasteiger partial charge in [-0.05, 0) is 42.5 Å². The third-order valence-corrected chi connectivity index (χ3v) is 3.99. The molecule has 0 aliphatic carbocycles. The number of allylic oxidation sites excluding steroid dienone is 1. The first-order chi connectivity index (χ1) is 12.5. The first-order valence-corrected chi connectivity index (χ1v) is 7.73. The van der Waals surface area contributed by atoms with Gasteiger partial charge in [-0.3, -0.25) is 4.79 Å². The Morgan fingerprint density at radius 1 is 1.04 bits per heavy atom. The molecule has 0 unspecified atom stereocenters. The maximum absolute atomic E-state index is 12.3. The van der Waals surface area contributed by atoms with Gasteiger partial charge in [-0.25, -0.2) is 4.79 Å². The van der Waals surface area contributed by atoms with Crippen molar-refractivity contribution in [3.05, 3.63) is 77.2 Å². The van der Waals surface area contributed by atoms with Gasteiger partial charge < -0.3 is 19.4 Å². The Balaban J connectivity index is 1.65. The molecule has 0 atom stereocenters. The van der Waals surface area contributed by atoms with Crippen molar-refractivity contribution in [1.82, 2.24) is 0 Å². The van der Waals surface area contributed by atoms with Gasteiger partial charge in [0, 0.05) is 11.6 Å². The largest absolute Gasteiger partial charge is 0.507 e. The zero-order chi connectivity index (χ0) is 18.3. The lowest BCUT2D eigenvalue weighted by Gasteiger charge is -2.02. The van der Waals surface area contributed by atoms with Crippen LogP contribution in [0.5, 0.6) is 11.5 Å². The Morgan fingerprint density at radius 3 is 2.62 bits per heavy atom. The van der Waals surface area contributed by atoms with E-state index in [2.05, 4.69) is 0 Å². The molecule has 0 saturated carbocycles. The predicted octanol–water partition coefficient (Wildman–Crippen LogP) is 3.97. The maximum atomic E-state index is 12.3. The summed E-state index contributed by atoms with van der Waals surface area (Å²) in [6.45, 7) is 0. The van der Waals surface area contributed by atoms with Gasteiger partial charge in [-0.15, -0.1) is 0 Å². The fourth-order valence-corrected chi connectivity index (χ4v) is 2.71. The Bertz CT molecular complexity index is 1070. The average molecular weight is 348 g/mol. The van der Waals surface area contributed by atoms with E-state index < -0.39 is 5.97 Å². The van der Waals surface area contributed by atoms with E-state index in [-0.39, 0.29) is 22.9 Å². The molecule has 1 aromatic heterocycles. The number of carbonyl (C=O) groups is 2. The molecule has 2 N–H and O–H groups in total. The SMILES string of the molecule is O=C(O)c1cc(-c2ccc(/C=C3\Oc4ccccc4C3=O)o2)ccc1O. The summed E-state index contributed by atoms with van der Waals surface area (Å²) in [4.78, 5) is 23.4. The van der Waals surface area contributed by atoms with Crippen molar-refractivity contribution in [3.8, 4) is 22.8 Å². The minimum absolute atomic E-state index is 0.157. The van der Waals surface area contributed by atoms with E-state index in [4.69, 9.17) is 14.3 Å². The number of hydrogen-bond donors (Lipinski definition) is 2. The topological polar surface area (TPSA) is 97.0 Å². The van der Waals surface area contributed by atoms with Crippen LogP contribution in [0.1, 0.15) is 26.5 Å². The highest BCUT2D eigenvalue weighted by atomic mass is 16.5. The molecular formula is C20H12O6. The fourth-order valence-electron chi connectivity index (χ4n) is 2.71. The van der Waals surface area contributed by atoms with Crippen LogP contribution in [-0.4, -0.2) is 22.0 Å². The number of carboxylic acids is 1. The van der Waals surface area contributed by atoms with Crippen molar-refractivity contribution in [2.75, 3.05) is 0 Å². The molecule has 128 valence electrons. The van der Waals surface area contributed by atoms with Crippen molar-refractivity contribution in [1.29, 1.82) is 0 Å². The van der Waals surface area contributed by atoms with E-state index in [0.29, 0.717) is 28.4 Å². The molecule has 0 spiro atoms. The number of ether oxygens (including phenoxy) is 1. The number of carbonyl (C=O) groups excluding carboxylic acids is 1. The highest BCUT2D eigenvalue weighted by molar-refractivity contribution is 6.14. The molecule has 2 aromatic carbocycles. The zero-order valence-electron chi connectivity index (χ0n) is 13.3. The minimum atomic E-state index is -1.24. The highest BCUT2D eigenvalue weighted by Crippen LogP contribution is 2.33. The number of rotatable bonds is 3. The van der Waals surface area contributed by atoms with Gasteiger partial charge in [-0.2, -0.15) is 0 Å². The molecule has 1 aliphatic rings. The van der Waals surface area contributed by atoms with Crippen molar-refractivity contribution in [2.45, 2.75) is 0 Å². The van der Waals surface area contributed by atoms with E-state index in [0.717, 1.165) is 0 Å². The lowest BCUT2D eigenvalue weighted by molar-refractivity contribution is 0.0693. The molecule has 0 radical (unpaired) electrons. The fraction of sp³-hybridized carbons (Fsp3) is 0. The van der Waals surface area contributed by atoms with E-state index in [1.807, 2.05) is 0 Å². The summed E-state index contributed by atoms with van der Waals surface area (Å²) in [5.74, 6) is -0.331. The molecule has 1 aliphatic heterocycles. The molecule has 2 heterocycles. The van der Waals surface area contributed by atoms with Crippen molar-refractivity contribution < 1.29 is 29.0 Å². The third kappa shape index (κ3) is 2.63. The van der Waals surface area contributed by atoms with E-state index in [1.165, 1.54) is 18.2 Å². The number of fused-ring (bicyclic) bond motifs is 1. The summed E-state index contributed by atoms with van der Waals surface area (Å²) < 4.78 is 11.2. The van der Waals surface area contributed by atoms with Crippen LogP contribution in [0.15, 0.2) is 64.8 Å². The number of aromatic carboxylic acids is 1. The smallest absolute Gasteiger partial charge is 0.339 e. The molecule has 4 rings (SSSR count). The monoisotopic (exact) mass is 348 g/mol. The first-order valence-electron chi connectivity index (χ1n) is 7.73. The number of ketones is 1. The van der Waals surface area contributed by atoms with Crippen LogP contribution in [-0.2, 0) is 0 Å². The zero-order valence-corrected chi connectivity index (χ0v) is 13.3. The quantitative estimate of drug-likeness (QED) is 0.695. The number of benzene rings is 2. The van der Waals surface area contributed by atoms with E-state index in [9.17, 15) is 14.7 Å². The predicted molar refractivity (Wildman–Crippen MR) is 92.1 cm³/mol. The average Bonchev–Trinajstić information content (AvgIpc) is 3.21. The molecule has 26 heavy (non-hydrogen) atoms. The van der Waals surface area contributed by atoms with E-state index >= 15 is 0 Å². The van der Waals surface area contributed by atoms with Gasteiger partial charge in [0.05, 0.1) is 5.56 Å².